The molecule has 1 aliphatic heterocycles. The number of likely N-dealkylation sites (N-methyl/N-ethyl adjacent to an activating group) is 1. The number of imidazole rings is 1. The van der Waals surface area contributed by atoms with Gasteiger partial charge in [0.05, 0.1) is 35.4 Å². The first kappa shape index (κ1) is 25.0. The summed E-state index contributed by atoms with van der Waals surface area (Å²) in [4.78, 5) is 22.8. The van der Waals surface area contributed by atoms with E-state index >= 15 is 0 Å². The number of rotatable bonds is 7. The van der Waals surface area contributed by atoms with Gasteiger partial charge >= 0.3 is 0 Å². The van der Waals surface area contributed by atoms with Gasteiger partial charge in [-0.3, -0.25) is 0 Å². The maximum Gasteiger partial charge on any atom is 0.154 e. The average molecular weight is 524 g/mol. The highest BCUT2D eigenvalue weighted by Crippen LogP contribution is 2.35. The predicted molar refractivity (Wildman–Crippen MR) is 148 cm³/mol. The molecule has 2 N–H and O–H groups in total. The first-order chi connectivity index (χ1) is 19.0. The fourth-order valence-corrected chi connectivity index (χ4v) is 5.18. The Morgan fingerprint density at radius 2 is 1.82 bits per heavy atom. The highest BCUT2D eigenvalue weighted by atomic mass is 19.1. The zero-order valence-electron chi connectivity index (χ0n) is 21.9. The van der Waals surface area contributed by atoms with Gasteiger partial charge in [0.15, 0.2) is 5.65 Å². The van der Waals surface area contributed by atoms with Crippen LogP contribution in [0, 0.1) is 5.82 Å². The number of halogens is 1. The molecule has 1 saturated heterocycles. The summed E-state index contributed by atoms with van der Waals surface area (Å²) in [5, 5.41) is 4.96. The minimum absolute atomic E-state index is 0.0740. The maximum atomic E-state index is 14.0. The van der Waals surface area contributed by atoms with Crippen LogP contribution in [0.1, 0.15) is 36.3 Å². The summed E-state index contributed by atoms with van der Waals surface area (Å²) < 4.78 is 15.8. The SMILES string of the molecule is CN(C)CC(N)c1nccc(-c2cccc(-c3cnc4ccc(N5CCCC5c5cccc(F)c5)nn34)n2)n1. The summed E-state index contributed by atoms with van der Waals surface area (Å²) in [6, 6.07) is 18.2. The van der Waals surface area contributed by atoms with Gasteiger partial charge in [0, 0.05) is 19.3 Å². The number of aromatic nitrogens is 6. The highest BCUT2D eigenvalue weighted by Gasteiger charge is 2.28. The third-order valence-corrected chi connectivity index (χ3v) is 6.97. The summed E-state index contributed by atoms with van der Waals surface area (Å²) in [7, 11) is 3.94. The third-order valence-electron chi connectivity index (χ3n) is 6.97. The zero-order valence-corrected chi connectivity index (χ0v) is 21.9. The quantitative estimate of drug-likeness (QED) is 0.337. The highest BCUT2D eigenvalue weighted by molar-refractivity contribution is 5.64. The smallest absolute Gasteiger partial charge is 0.154 e. The standard InChI is InChI=1S/C29H30FN9/c1-37(2)18-21(31)29-32-14-13-23(35-29)22-8-4-9-24(34-22)26-17-33-27-11-12-28(36-39(26)27)38-15-5-10-25(38)19-6-3-7-20(30)16-19/h3-4,6-9,11-14,16-17,21,25H,5,10,15,18,31H2,1-2H3. The fourth-order valence-electron chi connectivity index (χ4n) is 5.18. The maximum absolute atomic E-state index is 14.0. The van der Waals surface area contributed by atoms with Gasteiger partial charge in [-0.05, 0) is 75.0 Å². The lowest BCUT2D eigenvalue weighted by atomic mass is 10.0. The van der Waals surface area contributed by atoms with Crippen molar-refractivity contribution in [2.75, 3.05) is 32.1 Å². The van der Waals surface area contributed by atoms with Gasteiger partial charge in [0.25, 0.3) is 0 Å². The van der Waals surface area contributed by atoms with E-state index < -0.39 is 0 Å². The zero-order chi connectivity index (χ0) is 26.9. The van der Waals surface area contributed by atoms with Gasteiger partial charge in [0.2, 0.25) is 0 Å². The molecular weight excluding hydrogens is 493 g/mol. The van der Waals surface area contributed by atoms with E-state index in [1.54, 1.807) is 24.5 Å². The number of anilines is 1. The molecule has 4 aromatic heterocycles. The van der Waals surface area contributed by atoms with E-state index in [-0.39, 0.29) is 17.9 Å². The first-order valence-corrected chi connectivity index (χ1v) is 13.0. The Kier molecular flexibility index (Phi) is 6.72. The third kappa shape index (κ3) is 5.08. The second-order valence-electron chi connectivity index (χ2n) is 10.1. The molecule has 0 saturated carbocycles. The molecule has 0 aliphatic carbocycles. The van der Waals surface area contributed by atoms with Crippen LogP contribution in [0.2, 0.25) is 0 Å². The lowest BCUT2D eigenvalue weighted by molar-refractivity contribution is 0.370. The monoisotopic (exact) mass is 523 g/mol. The van der Waals surface area contributed by atoms with Gasteiger partial charge in [0.1, 0.15) is 23.2 Å². The molecule has 0 spiro atoms. The molecule has 0 bridgehead atoms. The molecule has 1 aliphatic rings. The normalized spacial score (nSPS) is 16.3. The first-order valence-electron chi connectivity index (χ1n) is 13.0. The number of fused-ring (bicyclic) bond motifs is 1. The van der Waals surface area contributed by atoms with Crippen LogP contribution in [-0.2, 0) is 0 Å². The van der Waals surface area contributed by atoms with Gasteiger partial charge in [-0.25, -0.2) is 28.8 Å². The van der Waals surface area contributed by atoms with Crippen molar-refractivity contribution in [2.45, 2.75) is 24.9 Å². The van der Waals surface area contributed by atoms with Crippen molar-refractivity contribution in [3.63, 3.8) is 0 Å². The predicted octanol–water partition coefficient (Wildman–Crippen LogP) is 4.29. The number of hydrogen-bond acceptors (Lipinski definition) is 8. The molecule has 5 heterocycles. The molecular formula is C29H30FN9. The van der Waals surface area contributed by atoms with Crippen LogP contribution in [-0.4, -0.2) is 61.6 Å². The van der Waals surface area contributed by atoms with Crippen LogP contribution in [0.25, 0.3) is 28.4 Å². The second kappa shape index (κ2) is 10.5. The van der Waals surface area contributed by atoms with Crippen molar-refractivity contribution < 1.29 is 4.39 Å². The van der Waals surface area contributed by atoms with E-state index in [9.17, 15) is 4.39 Å². The molecule has 9 nitrogen and oxygen atoms in total. The molecule has 5 aromatic rings. The van der Waals surface area contributed by atoms with Crippen LogP contribution in [0.5, 0.6) is 0 Å². The van der Waals surface area contributed by atoms with Crippen LogP contribution >= 0.6 is 0 Å². The van der Waals surface area contributed by atoms with Crippen LogP contribution in [0.15, 0.2) is 73.1 Å². The average Bonchev–Trinajstić information content (AvgIpc) is 3.60. The summed E-state index contributed by atoms with van der Waals surface area (Å²) in [6.07, 6.45) is 5.46. The van der Waals surface area contributed by atoms with Crippen molar-refractivity contribution in [3.05, 3.63) is 90.3 Å². The Bertz CT molecular complexity index is 1620. The van der Waals surface area contributed by atoms with E-state index in [1.165, 1.54) is 6.07 Å². The molecule has 0 amide bonds. The second-order valence-corrected chi connectivity index (χ2v) is 10.1. The molecule has 10 heteroatoms. The largest absolute Gasteiger partial charge is 0.348 e. The van der Waals surface area contributed by atoms with Crippen LogP contribution in [0.4, 0.5) is 10.2 Å². The molecule has 6 rings (SSSR count). The van der Waals surface area contributed by atoms with E-state index in [4.69, 9.17) is 20.8 Å². The van der Waals surface area contributed by atoms with Crippen molar-refractivity contribution in [1.29, 1.82) is 0 Å². The Morgan fingerprint density at radius 1 is 1.00 bits per heavy atom. The van der Waals surface area contributed by atoms with Crippen molar-refractivity contribution in [3.8, 4) is 22.8 Å². The van der Waals surface area contributed by atoms with Crippen molar-refractivity contribution in [2.24, 2.45) is 5.73 Å². The molecule has 1 aromatic carbocycles. The molecule has 2 unspecified atom stereocenters. The minimum atomic E-state index is -0.300. The Morgan fingerprint density at radius 3 is 2.67 bits per heavy atom. The lowest BCUT2D eigenvalue weighted by Gasteiger charge is -2.26. The minimum Gasteiger partial charge on any atom is -0.348 e. The molecule has 1 fully saturated rings. The van der Waals surface area contributed by atoms with E-state index in [0.717, 1.165) is 47.8 Å². The van der Waals surface area contributed by atoms with Crippen LogP contribution < -0.4 is 10.6 Å². The summed E-state index contributed by atoms with van der Waals surface area (Å²) in [6.45, 7) is 1.49. The number of pyridine rings is 1. The van der Waals surface area contributed by atoms with Gasteiger partial charge < -0.3 is 15.5 Å². The fraction of sp³-hybridized carbons (Fsp3) is 0.276. The van der Waals surface area contributed by atoms with E-state index in [0.29, 0.717) is 23.8 Å². The number of hydrogen-bond donors (Lipinski definition) is 1. The Balaban J connectivity index is 1.33. The summed E-state index contributed by atoms with van der Waals surface area (Å²) in [5.74, 6) is 1.18. The summed E-state index contributed by atoms with van der Waals surface area (Å²) in [5.41, 5.74) is 10.9. The van der Waals surface area contributed by atoms with E-state index in [2.05, 4.69) is 14.9 Å². The Labute approximate surface area is 226 Å². The van der Waals surface area contributed by atoms with Crippen molar-refractivity contribution in [1.82, 2.24) is 34.4 Å². The Hall–Kier alpha value is -4.28. The molecule has 198 valence electrons. The van der Waals surface area contributed by atoms with Crippen molar-refractivity contribution >= 4 is 11.5 Å². The molecule has 39 heavy (non-hydrogen) atoms. The molecule has 2 atom stereocenters. The molecule has 0 radical (unpaired) electrons. The topological polar surface area (TPSA) is 101 Å². The lowest BCUT2D eigenvalue weighted by Crippen LogP contribution is -2.27. The number of benzene rings is 1. The van der Waals surface area contributed by atoms with Gasteiger partial charge in [-0.15, -0.1) is 5.10 Å². The van der Waals surface area contributed by atoms with Gasteiger partial charge in [-0.2, -0.15) is 0 Å². The van der Waals surface area contributed by atoms with Crippen LogP contribution in [0.3, 0.4) is 0 Å². The van der Waals surface area contributed by atoms with Gasteiger partial charge in [-0.1, -0.05) is 18.2 Å². The van der Waals surface area contributed by atoms with E-state index in [1.807, 2.05) is 66.0 Å². The number of nitrogens with zero attached hydrogens (tertiary/aromatic N) is 8. The summed E-state index contributed by atoms with van der Waals surface area (Å²) >= 11 is 0. The number of nitrogens with two attached hydrogens (primary N) is 1.